The van der Waals surface area contributed by atoms with Crippen LogP contribution in [0.3, 0.4) is 0 Å². The first kappa shape index (κ1) is 13.2. The van der Waals surface area contributed by atoms with Crippen molar-refractivity contribution in [2.24, 2.45) is 5.92 Å². The second-order valence-electron chi connectivity index (χ2n) is 4.55. The van der Waals surface area contributed by atoms with Gasteiger partial charge in [-0.2, -0.15) is 5.26 Å². The Balaban J connectivity index is 3.00. The fourth-order valence-corrected chi connectivity index (χ4v) is 1.83. The largest absolute Gasteiger partial charge is 0.478 e. The van der Waals surface area contributed by atoms with Crippen LogP contribution in [0.5, 0.6) is 0 Å². The van der Waals surface area contributed by atoms with Gasteiger partial charge in [-0.3, -0.25) is 0 Å². The van der Waals surface area contributed by atoms with Gasteiger partial charge in [-0.05, 0) is 36.0 Å². The fourth-order valence-electron chi connectivity index (χ4n) is 1.83. The van der Waals surface area contributed by atoms with Crippen LogP contribution in [0.2, 0.25) is 0 Å². The van der Waals surface area contributed by atoms with E-state index in [0.717, 1.165) is 17.5 Å². The topological polar surface area (TPSA) is 61.1 Å². The Labute approximate surface area is 102 Å². The van der Waals surface area contributed by atoms with E-state index < -0.39 is 5.97 Å². The first-order chi connectivity index (χ1) is 8.04. The van der Waals surface area contributed by atoms with Crippen LogP contribution in [-0.2, 0) is 12.8 Å². The van der Waals surface area contributed by atoms with E-state index in [2.05, 4.69) is 13.8 Å². The van der Waals surface area contributed by atoms with Crippen molar-refractivity contribution in [1.82, 2.24) is 0 Å². The van der Waals surface area contributed by atoms with E-state index in [-0.39, 0.29) is 0 Å². The molecule has 0 saturated carbocycles. The molecule has 0 bridgehead atoms. The minimum Gasteiger partial charge on any atom is -0.478 e. The van der Waals surface area contributed by atoms with Gasteiger partial charge in [-0.25, -0.2) is 4.79 Å². The summed E-state index contributed by atoms with van der Waals surface area (Å²) in [7, 11) is 0. The number of carbonyl (C=O) groups is 1. The van der Waals surface area contributed by atoms with Crippen molar-refractivity contribution in [3.05, 3.63) is 34.9 Å². The van der Waals surface area contributed by atoms with Crippen LogP contribution in [0.1, 0.15) is 41.8 Å². The second kappa shape index (κ2) is 6.05. The summed E-state index contributed by atoms with van der Waals surface area (Å²) in [4.78, 5) is 11.1. The van der Waals surface area contributed by atoms with Crippen LogP contribution in [0, 0.1) is 17.2 Å². The minimum absolute atomic E-state index is 0.332. The average Bonchev–Trinajstić information content (AvgIpc) is 2.26. The maximum Gasteiger partial charge on any atom is 0.335 e. The lowest BCUT2D eigenvalue weighted by Crippen LogP contribution is -2.05. The van der Waals surface area contributed by atoms with Gasteiger partial charge in [0.25, 0.3) is 0 Å². The van der Waals surface area contributed by atoms with Crippen LogP contribution in [0.15, 0.2) is 18.2 Å². The summed E-state index contributed by atoms with van der Waals surface area (Å²) in [5.41, 5.74) is 2.11. The first-order valence-corrected chi connectivity index (χ1v) is 5.76. The Bertz CT molecular complexity index is 444. The average molecular weight is 231 g/mol. The molecule has 17 heavy (non-hydrogen) atoms. The molecule has 0 fully saturated rings. The molecule has 3 heteroatoms. The lowest BCUT2D eigenvalue weighted by molar-refractivity contribution is 0.0695. The predicted molar refractivity (Wildman–Crippen MR) is 65.9 cm³/mol. The summed E-state index contributed by atoms with van der Waals surface area (Å²) in [6, 6.07) is 7.56. The van der Waals surface area contributed by atoms with Gasteiger partial charge in [0.1, 0.15) is 0 Å². The molecule has 0 aliphatic rings. The highest BCUT2D eigenvalue weighted by Gasteiger charge is 2.11. The molecule has 1 N–H and O–H groups in total. The molecule has 0 atom stereocenters. The monoisotopic (exact) mass is 231 g/mol. The quantitative estimate of drug-likeness (QED) is 0.847. The van der Waals surface area contributed by atoms with E-state index >= 15 is 0 Å². The van der Waals surface area contributed by atoms with Crippen LogP contribution < -0.4 is 0 Å². The number of nitrogens with zero attached hydrogens (tertiary/aromatic N) is 1. The zero-order chi connectivity index (χ0) is 12.8. The molecule has 0 aliphatic heterocycles. The number of aromatic carboxylic acids is 1. The van der Waals surface area contributed by atoms with Crippen LogP contribution >= 0.6 is 0 Å². The highest BCUT2D eigenvalue weighted by molar-refractivity contribution is 5.89. The molecule has 0 radical (unpaired) electrons. The highest BCUT2D eigenvalue weighted by atomic mass is 16.4. The summed E-state index contributed by atoms with van der Waals surface area (Å²) < 4.78 is 0. The predicted octanol–water partition coefficient (Wildman–Crippen LogP) is 3.04. The lowest BCUT2D eigenvalue weighted by atomic mass is 9.96. The SMILES string of the molecule is CC(C)Cc1ccc(CCC#N)c(C(=O)O)c1. The third-order valence-corrected chi connectivity index (χ3v) is 2.55. The molecule has 1 rings (SSSR count). The van der Waals surface area contributed by atoms with E-state index in [9.17, 15) is 4.79 Å². The Hall–Kier alpha value is -1.82. The number of rotatable bonds is 5. The van der Waals surface area contributed by atoms with Crippen LogP contribution in [0.25, 0.3) is 0 Å². The molecule has 0 heterocycles. The Kier molecular flexibility index (Phi) is 4.71. The first-order valence-electron chi connectivity index (χ1n) is 5.76. The molecule has 90 valence electrons. The Morgan fingerprint density at radius 1 is 1.47 bits per heavy atom. The molecule has 0 aromatic heterocycles. The van der Waals surface area contributed by atoms with Gasteiger partial charge in [0, 0.05) is 6.42 Å². The van der Waals surface area contributed by atoms with E-state index in [1.165, 1.54) is 0 Å². The molecular formula is C14H17NO2. The van der Waals surface area contributed by atoms with E-state index in [4.69, 9.17) is 10.4 Å². The number of carboxylic acids is 1. The van der Waals surface area contributed by atoms with E-state index in [1.54, 1.807) is 6.07 Å². The molecular weight excluding hydrogens is 214 g/mol. The zero-order valence-electron chi connectivity index (χ0n) is 10.2. The summed E-state index contributed by atoms with van der Waals surface area (Å²) in [5.74, 6) is -0.412. The van der Waals surface area contributed by atoms with Gasteiger partial charge < -0.3 is 5.11 Å². The van der Waals surface area contributed by atoms with Crippen LogP contribution in [0.4, 0.5) is 0 Å². The Morgan fingerprint density at radius 3 is 2.71 bits per heavy atom. The normalized spacial score (nSPS) is 10.2. The van der Waals surface area contributed by atoms with Crippen molar-refractivity contribution >= 4 is 5.97 Å². The van der Waals surface area contributed by atoms with Crippen molar-refractivity contribution in [3.63, 3.8) is 0 Å². The van der Waals surface area contributed by atoms with Crippen molar-refractivity contribution in [2.75, 3.05) is 0 Å². The third kappa shape index (κ3) is 3.92. The van der Waals surface area contributed by atoms with Gasteiger partial charge in [0.05, 0.1) is 11.6 Å². The van der Waals surface area contributed by atoms with Crippen molar-refractivity contribution < 1.29 is 9.90 Å². The van der Waals surface area contributed by atoms with Gasteiger partial charge in [0.15, 0.2) is 0 Å². The maximum atomic E-state index is 11.1. The zero-order valence-corrected chi connectivity index (χ0v) is 10.2. The van der Waals surface area contributed by atoms with E-state index in [0.29, 0.717) is 24.3 Å². The van der Waals surface area contributed by atoms with E-state index in [1.807, 2.05) is 18.2 Å². The molecule has 1 aromatic carbocycles. The molecule has 3 nitrogen and oxygen atoms in total. The van der Waals surface area contributed by atoms with Crippen molar-refractivity contribution in [2.45, 2.75) is 33.1 Å². The lowest BCUT2D eigenvalue weighted by Gasteiger charge is -2.09. The number of hydrogen-bond acceptors (Lipinski definition) is 2. The molecule has 0 unspecified atom stereocenters. The van der Waals surface area contributed by atoms with Crippen molar-refractivity contribution in [3.8, 4) is 6.07 Å². The molecule has 0 spiro atoms. The minimum atomic E-state index is -0.913. The maximum absolute atomic E-state index is 11.1. The molecule has 1 aromatic rings. The van der Waals surface area contributed by atoms with Gasteiger partial charge in [-0.1, -0.05) is 26.0 Å². The highest BCUT2D eigenvalue weighted by Crippen LogP contribution is 2.16. The molecule has 0 amide bonds. The smallest absolute Gasteiger partial charge is 0.335 e. The Morgan fingerprint density at radius 2 is 2.18 bits per heavy atom. The number of nitriles is 1. The summed E-state index contributed by atoms with van der Waals surface area (Å²) in [6.45, 7) is 4.20. The molecule has 0 aliphatic carbocycles. The van der Waals surface area contributed by atoms with Crippen LogP contribution in [-0.4, -0.2) is 11.1 Å². The number of aryl methyl sites for hydroxylation is 1. The van der Waals surface area contributed by atoms with Crippen molar-refractivity contribution in [1.29, 1.82) is 5.26 Å². The number of carboxylic acid groups (broad SMARTS) is 1. The number of benzene rings is 1. The summed E-state index contributed by atoms with van der Waals surface area (Å²) in [5, 5.41) is 17.7. The fraction of sp³-hybridized carbons (Fsp3) is 0.429. The number of hydrogen-bond donors (Lipinski definition) is 1. The standard InChI is InChI=1S/C14H17NO2/c1-10(2)8-11-5-6-12(4-3-7-15)13(9-11)14(16)17/h5-6,9-10H,3-4,8H2,1-2H3,(H,16,17). The summed E-state index contributed by atoms with van der Waals surface area (Å²) in [6.07, 6.45) is 1.72. The van der Waals surface area contributed by atoms with Gasteiger partial charge in [-0.15, -0.1) is 0 Å². The second-order valence-corrected chi connectivity index (χ2v) is 4.55. The molecule has 0 saturated heterocycles. The third-order valence-electron chi connectivity index (χ3n) is 2.55. The summed E-state index contributed by atoms with van der Waals surface area (Å²) >= 11 is 0. The van der Waals surface area contributed by atoms with Gasteiger partial charge in [0.2, 0.25) is 0 Å². The van der Waals surface area contributed by atoms with Gasteiger partial charge >= 0.3 is 5.97 Å².